The fourth-order valence-corrected chi connectivity index (χ4v) is 0.317. The summed E-state index contributed by atoms with van der Waals surface area (Å²) in [6.45, 7) is 1.20. The summed E-state index contributed by atoms with van der Waals surface area (Å²) < 4.78 is 0. The van der Waals surface area contributed by atoms with Gasteiger partial charge in [-0.05, 0) is 6.92 Å². The van der Waals surface area contributed by atoms with Gasteiger partial charge in [-0.25, -0.2) is 4.79 Å². The molecule has 0 radical (unpaired) electrons. The quantitative estimate of drug-likeness (QED) is 0.284. The Morgan fingerprint density at radius 1 is 1.30 bits per heavy atom. The molecule has 6 nitrogen and oxygen atoms in total. The predicted octanol–water partition coefficient (Wildman–Crippen LogP) is -0.249. The first-order valence-electron chi connectivity index (χ1n) is 2.27. The molecule has 0 aromatic heterocycles. The van der Waals surface area contributed by atoms with Crippen molar-refractivity contribution in [1.82, 2.24) is 0 Å². The molecular formula is C4H6N2O4. The Hall–Kier alpha value is -1.59. The number of carboxylic acids is 1. The van der Waals surface area contributed by atoms with Crippen molar-refractivity contribution in [3.8, 4) is 0 Å². The molecule has 56 valence electrons. The van der Waals surface area contributed by atoms with Gasteiger partial charge in [0, 0.05) is 0 Å². The van der Waals surface area contributed by atoms with Crippen LogP contribution in [0.25, 0.3) is 0 Å². The van der Waals surface area contributed by atoms with Crippen LogP contribution < -0.4 is 0 Å². The van der Waals surface area contributed by atoms with E-state index in [0.717, 1.165) is 0 Å². The third-order valence-corrected chi connectivity index (χ3v) is 0.795. The lowest BCUT2D eigenvalue weighted by atomic mass is 10.3. The molecule has 0 atom stereocenters. The van der Waals surface area contributed by atoms with E-state index in [2.05, 4.69) is 10.3 Å². The molecule has 0 saturated heterocycles. The number of oxime groups is 2. The second kappa shape index (κ2) is 3.44. The molecule has 0 spiro atoms. The number of rotatable bonds is 2. The average molecular weight is 146 g/mol. The maximum absolute atomic E-state index is 10.0. The summed E-state index contributed by atoms with van der Waals surface area (Å²) in [6.07, 6.45) is 0. The fraction of sp³-hybridized carbons (Fsp3) is 0.250. The highest BCUT2D eigenvalue weighted by Gasteiger charge is 2.13. The largest absolute Gasteiger partial charge is 0.476 e. The number of hydrogen-bond donors (Lipinski definition) is 3. The average Bonchev–Trinajstić information content (AvgIpc) is 1.88. The smallest absolute Gasteiger partial charge is 0.360 e. The van der Waals surface area contributed by atoms with Crippen LogP contribution in [0.2, 0.25) is 0 Å². The van der Waals surface area contributed by atoms with E-state index >= 15 is 0 Å². The zero-order valence-corrected chi connectivity index (χ0v) is 5.14. The van der Waals surface area contributed by atoms with E-state index in [0.29, 0.717) is 0 Å². The molecule has 0 saturated carbocycles. The third-order valence-electron chi connectivity index (χ3n) is 0.795. The monoisotopic (exact) mass is 146 g/mol. The molecule has 10 heavy (non-hydrogen) atoms. The van der Waals surface area contributed by atoms with Gasteiger partial charge in [0.15, 0.2) is 0 Å². The van der Waals surface area contributed by atoms with Gasteiger partial charge < -0.3 is 15.5 Å². The standard InChI is InChI=1S/C4H6N2O4/c1-2(5-9)3(6-10)4(7)8/h9-10H,1H3,(H,7,8)/b5-2+,6-3-. The van der Waals surface area contributed by atoms with Crippen LogP contribution in [0.15, 0.2) is 10.3 Å². The lowest BCUT2D eigenvalue weighted by Crippen LogP contribution is -2.21. The Morgan fingerprint density at radius 2 is 1.80 bits per heavy atom. The first-order valence-corrected chi connectivity index (χ1v) is 2.27. The van der Waals surface area contributed by atoms with E-state index < -0.39 is 11.7 Å². The second-order valence-electron chi connectivity index (χ2n) is 1.44. The Kier molecular flexibility index (Phi) is 2.89. The van der Waals surface area contributed by atoms with Crippen LogP contribution in [0.5, 0.6) is 0 Å². The van der Waals surface area contributed by atoms with E-state index in [1.807, 2.05) is 0 Å². The number of nitrogens with zero attached hydrogens (tertiary/aromatic N) is 2. The highest BCUT2D eigenvalue weighted by molar-refractivity contribution is 6.64. The Balaban J connectivity index is 4.56. The van der Waals surface area contributed by atoms with Gasteiger partial charge in [-0.2, -0.15) is 0 Å². The zero-order valence-electron chi connectivity index (χ0n) is 5.14. The Labute approximate surface area is 56.1 Å². The Morgan fingerprint density at radius 3 is 1.90 bits per heavy atom. The highest BCUT2D eigenvalue weighted by Crippen LogP contribution is 1.82. The van der Waals surface area contributed by atoms with Crippen molar-refractivity contribution in [2.24, 2.45) is 10.3 Å². The van der Waals surface area contributed by atoms with Crippen molar-refractivity contribution in [3.05, 3.63) is 0 Å². The molecule has 3 N–H and O–H groups in total. The molecular weight excluding hydrogens is 140 g/mol. The van der Waals surface area contributed by atoms with Crippen molar-refractivity contribution >= 4 is 17.4 Å². The molecule has 0 unspecified atom stereocenters. The first kappa shape index (κ1) is 8.41. The van der Waals surface area contributed by atoms with Gasteiger partial charge in [0.2, 0.25) is 5.71 Å². The van der Waals surface area contributed by atoms with Gasteiger partial charge in [0.25, 0.3) is 0 Å². The van der Waals surface area contributed by atoms with E-state index in [-0.39, 0.29) is 5.71 Å². The summed E-state index contributed by atoms with van der Waals surface area (Å²) in [5.41, 5.74) is -0.933. The van der Waals surface area contributed by atoms with Crippen molar-refractivity contribution in [1.29, 1.82) is 0 Å². The summed E-state index contributed by atoms with van der Waals surface area (Å²) in [5.74, 6) is -1.45. The van der Waals surface area contributed by atoms with Crippen LogP contribution in [0.4, 0.5) is 0 Å². The van der Waals surface area contributed by atoms with Gasteiger partial charge in [0.05, 0.1) is 0 Å². The number of hydrogen-bond acceptors (Lipinski definition) is 5. The molecule has 0 amide bonds. The van der Waals surface area contributed by atoms with Gasteiger partial charge in [-0.3, -0.25) is 0 Å². The fourth-order valence-electron chi connectivity index (χ4n) is 0.317. The van der Waals surface area contributed by atoms with Crippen LogP contribution in [-0.2, 0) is 4.79 Å². The molecule has 0 bridgehead atoms. The van der Waals surface area contributed by atoms with Gasteiger partial charge in [-0.15, -0.1) is 0 Å². The van der Waals surface area contributed by atoms with Crippen molar-refractivity contribution < 1.29 is 20.3 Å². The lowest BCUT2D eigenvalue weighted by molar-refractivity contribution is -0.129. The Bertz CT molecular complexity index is 195. The molecule has 0 rings (SSSR count). The molecule has 0 aromatic rings. The van der Waals surface area contributed by atoms with Crippen LogP contribution in [0.3, 0.4) is 0 Å². The van der Waals surface area contributed by atoms with Crippen molar-refractivity contribution in [3.63, 3.8) is 0 Å². The predicted molar refractivity (Wildman–Crippen MR) is 31.8 cm³/mol. The molecule has 0 fully saturated rings. The number of carboxylic acid groups (broad SMARTS) is 1. The van der Waals surface area contributed by atoms with E-state index in [9.17, 15) is 4.79 Å². The highest BCUT2D eigenvalue weighted by atomic mass is 16.4. The van der Waals surface area contributed by atoms with Crippen LogP contribution in [-0.4, -0.2) is 32.9 Å². The molecule has 0 aliphatic carbocycles. The maximum Gasteiger partial charge on any atom is 0.360 e. The van der Waals surface area contributed by atoms with E-state index in [4.69, 9.17) is 15.5 Å². The minimum absolute atomic E-state index is 0.255. The van der Waals surface area contributed by atoms with Crippen LogP contribution >= 0.6 is 0 Å². The van der Waals surface area contributed by atoms with Crippen LogP contribution in [0, 0.1) is 0 Å². The van der Waals surface area contributed by atoms with E-state index in [1.165, 1.54) is 6.92 Å². The summed E-state index contributed by atoms with van der Waals surface area (Å²) in [4.78, 5) is 10.0. The number of carbonyl (C=O) groups is 1. The van der Waals surface area contributed by atoms with Gasteiger partial charge in [-0.1, -0.05) is 10.3 Å². The molecule has 0 aromatic carbocycles. The maximum atomic E-state index is 10.0. The van der Waals surface area contributed by atoms with Crippen molar-refractivity contribution in [2.45, 2.75) is 6.92 Å². The summed E-state index contributed by atoms with van der Waals surface area (Å²) in [6, 6.07) is 0. The first-order chi connectivity index (χ1) is 4.63. The second-order valence-corrected chi connectivity index (χ2v) is 1.44. The lowest BCUT2D eigenvalue weighted by Gasteiger charge is -1.92. The normalized spacial score (nSPS) is 13.3. The summed E-state index contributed by atoms with van der Waals surface area (Å²) in [7, 11) is 0. The van der Waals surface area contributed by atoms with Gasteiger partial charge >= 0.3 is 5.97 Å². The summed E-state index contributed by atoms with van der Waals surface area (Å²) >= 11 is 0. The van der Waals surface area contributed by atoms with E-state index in [1.54, 1.807) is 0 Å². The van der Waals surface area contributed by atoms with Crippen molar-refractivity contribution in [2.75, 3.05) is 0 Å². The minimum Gasteiger partial charge on any atom is -0.476 e. The topological polar surface area (TPSA) is 102 Å². The molecule has 0 heterocycles. The van der Waals surface area contributed by atoms with Gasteiger partial charge in [0.1, 0.15) is 5.71 Å². The SMILES string of the molecule is CC(=N\O)/C(=N/O)C(=O)O. The zero-order chi connectivity index (χ0) is 8.15. The number of aliphatic carboxylic acids is 1. The molecule has 0 aliphatic heterocycles. The molecule has 6 heteroatoms. The third kappa shape index (κ3) is 1.73. The summed E-state index contributed by atoms with van der Waals surface area (Å²) in [5, 5.41) is 29.1. The minimum atomic E-state index is -1.45. The van der Waals surface area contributed by atoms with Crippen LogP contribution in [0.1, 0.15) is 6.92 Å². The molecule has 0 aliphatic rings.